The van der Waals surface area contributed by atoms with E-state index < -0.39 is 0 Å². The van der Waals surface area contributed by atoms with Crippen molar-refractivity contribution in [1.82, 2.24) is 10.2 Å². The summed E-state index contributed by atoms with van der Waals surface area (Å²) in [4.78, 5) is 24.8. The molecule has 0 atom stereocenters. The van der Waals surface area contributed by atoms with E-state index in [1.54, 1.807) is 24.3 Å². The third-order valence-electron chi connectivity index (χ3n) is 2.37. The van der Waals surface area contributed by atoms with Gasteiger partial charge in [-0.2, -0.15) is 0 Å². The normalized spacial score (nSPS) is 14.8. The van der Waals surface area contributed by atoms with Gasteiger partial charge in [-0.3, -0.25) is 9.69 Å². The minimum atomic E-state index is -0.340. The maximum absolute atomic E-state index is 11.7. The summed E-state index contributed by atoms with van der Waals surface area (Å²) in [5, 5.41) is 12.1. The summed E-state index contributed by atoms with van der Waals surface area (Å²) in [6.07, 6.45) is 0. The summed E-state index contributed by atoms with van der Waals surface area (Å²) in [5.74, 6) is 0.0507. The number of nitrogens with zero attached hydrogens (tertiary/aromatic N) is 1. The van der Waals surface area contributed by atoms with Crippen molar-refractivity contribution in [2.24, 2.45) is 0 Å². The Labute approximate surface area is 103 Å². The first-order valence-electron chi connectivity index (χ1n) is 5.17. The number of imide groups is 1. The van der Waals surface area contributed by atoms with Gasteiger partial charge in [0.15, 0.2) is 0 Å². The zero-order valence-corrected chi connectivity index (χ0v) is 9.87. The number of para-hydroxylation sites is 1. The molecule has 2 rings (SSSR count). The minimum absolute atomic E-state index is 0.144. The van der Waals surface area contributed by atoms with Gasteiger partial charge in [0.25, 0.3) is 0 Å². The molecule has 1 heterocycles. The number of rotatable bonds is 3. The van der Waals surface area contributed by atoms with Crippen LogP contribution in [0.4, 0.5) is 4.79 Å². The van der Waals surface area contributed by atoms with E-state index >= 15 is 0 Å². The molecule has 1 aromatic rings. The Morgan fingerprint density at radius 2 is 2.24 bits per heavy atom. The van der Waals surface area contributed by atoms with Crippen LogP contribution in [0.3, 0.4) is 0 Å². The number of aromatic hydroxyl groups is 1. The Hall–Kier alpha value is -1.69. The standard InChI is InChI=1S/C11H12N2O3S/c14-8-3-1-2-4-9(8)17-7-10(15)13-6-5-12-11(13)16/h1-4,14H,5-7H2,(H,12,16). The highest BCUT2D eigenvalue weighted by Gasteiger charge is 2.25. The first-order chi connectivity index (χ1) is 8.18. The van der Waals surface area contributed by atoms with Crippen LogP contribution in [0.15, 0.2) is 29.2 Å². The Morgan fingerprint density at radius 1 is 1.47 bits per heavy atom. The van der Waals surface area contributed by atoms with Gasteiger partial charge in [0.05, 0.1) is 5.75 Å². The molecule has 1 saturated heterocycles. The van der Waals surface area contributed by atoms with Crippen molar-refractivity contribution in [3.05, 3.63) is 24.3 Å². The van der Waals surface area contributed by atoms with Crippen molar-refractivity contribution in [3.63, 3.8) is 0 Å². The van der Waals surface area contributed by atoms with Crippen molar-refractivity contribution in [2.75, 3.05) is 18.8 Å². The van der Waals surface area contributed by atoms with Crippen molar-refractivity contribution < 1.29 is 14.7 Å². The van der Waals surface area contributed by atoms with Crippen LogP contribution in [0.5, 0.6) is 5.75 Å². The molecule has 90 valence electrons. The number of carbonyl (C=O) groups is 2. The van der Waals surface area contributed by atoms with E-state index in [2.05, 4.69) is 5.32 Å². The smallest absolute Gasteiger partial charge is 0.324 e. The summed E-state index contributed by atoms with van der Waals surface area (Å²) < 4.78 is 0. The van der Waals surface area contributed by atoms with Crippen molar-refractivity contribution in [3.8, 4) is 5.75 Å². The molecule has 6 heteroatoms. The lowest BCUT2D eigenvalue weighted by Crippen LogP contribution is -2.35. The Kier molecular flexibility index (Phi) is 3.53. The van der Waals surface area contributed by atoms with Gasteiger partial charge in [-0.1, -0.05) is 12.1 Å². The maximum Gasteiger partial charge on any atom is 0.324 e. The second-order valence-electron chi connectivity index (χ2n) is 3.53. The van der Waals surface area contributed by atoms with Crippen molar-refractivity contribution >= 4 is 23.7 Å². The third-order valence-corrected chi connectivity index (χ3v) is 3.42. The van der Waals surface area contributed by atoms with Crippen LogP contribution in [0, 0.1) is 0 Å². The molecule has 0 aromatic heterocycles. The minimum Gasteiger partial charge on any atom is -0.507 e. The Balaban J connectivity index is 1.92. The van der Waals surface area contributed by atoms with Crippen LogP contribution in [0.1, 0.15) is 0 Å². The Morgan fingerprint density at radius 3 is 2.88 bits per heavy atom. The third kappa shape index (κ3) is 2.71. The number of carbonyl (C=O) groups excluding carboxylic acids is 2. The molecular formula is C11H12N2O3S. The van der Waals surface area contributed by atoms with Gasteiger partial charge in [-0.25, -0.2) is 4.79 Å². The lowest BCUT2D eigenvalue weighted by molar-refractivity contribution is -0.124. The van der Waals surface area contributed by atoms with Gasteiger partial charge in [0.1, 0.15) is 5.75 Å². The molecule has 3 amide bonds. The van der Waals surface area contributed by atoms with Crippen LogP contribution in [-0.4, -0.2) is 40.8 Å². The van der Waals surface area contributed by atoms with Gasteiger partial charge in [-0.05, 0) is 12.1 Å². The maximum atomic E-state index is 11.7. The average Bonchev–Trinajstić information content (AvgIpc) is 2.74. The zero-order chi connectivity index (χ0) is 12.3. The lowest BCUT2D eigenvalue weighted by atomic mass is 10.3. The van der Waals surface area contributed by atoms with Crippen molar-refractivity contribution in [1.29, 1.82) is 0 Å². The van der Waals surface area contributed by atoms with Gasteiger partial charge in [0.2, 0.25) is 5.91 Å². The highest BCUT2D eigenvalue weighted by atomic mass is 32.2. The predicted molar refractivity (Wildman–Crippen MR) is 63.9 cm³/mol. The topological polar surface area (TPSA) is 69.6 Å². The van der Waals surface area contributed by atoms with E-state index in [1.807, 2.05) is 0 Å². The molecule has 0 aliphatic carbocycles. The number of thioether (sulfide) groups is 1. The number of hydrogen-bond donors (Lipinski definition) is 2. The predicted octanol–water partition coefficient (Wildman–Crippen LogP) is 1.04. The van der Waals surface area contributed by atoms with E-state index in [0.717, 1.165) is 0 Å². The fraction of sp³-hybridized carbons (Fsp3) is 0.273. The average molecular weight is 252 g/mol. The van der Waals surface area contributed by atoms with Crippen LogP contribution >= 0.6 is 11.8 Å². The molecule has 0 unspecified atom stereocenters. The molecule has 5 nitrogen and oxygen atoms in total. The van der Waals surface area contributed by atoms with Gasteiger partial charge >= 0.3 is 6.03 Å². The first kappa shape index (κ1) is 11.8. The number of nitrogens with one attached hydrogen (secondary N) is 1. The molecule has 1 aromatic carbocycles. The van der Waals surface area contributed by atoms with Gasteiger partial charge < -0.3 is 10.4 Å². The van der Waals surface area contributed by atoms with Crippen LogP contribution < -0.4 is 5.32 Å². The summed E-state index contributed by atoms with van der Waals surface area (Å²) in [6, 6.07) is 6.46. The molecule has 0 radical (unpaired) electrons. The SMILES string of the molecule is O=C(CSc1ccccc1O)N1CCNC1=O. The second kappa shape index (κ2) is 5.09. The number of phenols is 1. The fourth-order valence-electron chi connectivity index (χ4n) is 1.51. The molecule has 0 spiro atoms. The molecule has 2 N–H and O–H groups in total. The number of hydrogen-bond acceptors (Lipinski definition) is 4. The van der Waals surface area contributed by atoms with E-state index in [9.17, 15) is 14.7 Å². The molecule has 1 aliphatic rings. The largest absolute Gasteiger partial charge is 0.507 e. The molecule has 17 heavy (non-hydrogen) atoms. The van der Waals surface area contributed by atoms with E-state index in [-0.39, 0.29) is 23.4 Å². The monoisotopic (exact) mass is 252 g/mol. The van der Waals surface area contributed by atoms with Crippen LogP contribution in [0.2, 0.25) is 0 Å². The lowest BCUT2D eigenvalue weighted by Gasteiger charge is -2.11. The summed E-state index contributed by atoms with van der Waals surface area (Å²) in [7, 11) is 0. The summed E-state index contributed by atoms with van der Waals surface area (Å²) >= 11 is 1.22. The van der Waals surface area contributed by atoms with Gasteiger partial charge in [-0.15, -0.1) is 11.8 Å². The van der Waals surface area contributed by atoms with E-state index in [0.29, 0.717) is 18.0 Å². The highest BCUT2D eigenvalue weighted by Crippen LogP contribution is 2.27. The fourth-order valence-corrected chi connectivity index (χ4v) is 2.33. The number of benzene rings is 1. The first-order valence-corrected chi connectivity index (χ1v) is 6.16. The van der Waals surface area contributed by atoms with E-state index in [1.165, 1.54) is 16.7 Å². The quantitative estimate of drug-likeness (QED) is 0.788. The Bertz CT molecular complexity index is 450. The van der Waals surface area contributed by atoms with Crippen LogP contribution in [-0.2, 0) is 4.79 Å². The summed E-state index contributed by atoms with van der Waals surface area (Å²) in [6.45, 7) is 0.921. The number of urea groups is 1. The number of amides is 3. The molecular weight excluding hydrogens is 240 g/mol. The van der Waals surface area contributed by atoms with Gasteiger partial charge in [0, 0.05) is 18.0 Å². The molecule has 0 bridgehead atoms. The molecule has 0 saturated carbocycles. The number of phenolic OH excluding ortho intramolecular Hbond substituents is 1. The molecule has 1 fully saturated rings. The second-order valence-corrected chi connectivity index (χ2v) is 4.55. The van der Waals surface area contributed by atoms with E-state index in [4.69, 9.17) is 0 Å². The van der Waals surface area contributed by atoms with Crippen molar-refractivity contribution in [2.45, 2.75) is 4.90 Å². The zero-order valence-electron chi connectivity index (χ0n) is 9.05. The highest BCUT2D eigenvalue weighted by molar-refractivity contribution is 8.00. The molecule has 1 aliphatic heterocycles. The van der Waals surface area contributed by atoms with Crippen LogP contribution in [0.25, 0.3) is 0 Å². The summed E-state index contributed by atoms with van der Waals surface area (Å²) in [5.41, 5.74) is 0.